The average molecular weight is 244 g/mol. The molecule has 1 aromatic heterocycles. The Morgan fingerprint density at radius 2 is 1.89 bits per heavy atom. The highest BCUT2D eigenvalue weighted by atomic mass is 16.3. The number of nitrogens with zero attached hydrogens (tertiary/aromatic N) is 3. The number of benzene rings is 1. The molecular formula is C13H16N4O. The summed E-state index contributed by atoms with van der Waals surface area (Å²) in [5, 5.41) is 12.4. The number of phenolic OH excluding ortho intramolecular Hbond substituents is 1. The van der Waals surface area contributed by atoms with Crippen LogP contribution in [0.5, 0.6) is 5.75 Å². The Morgan fingerprint density at radius 1 is 1.17 bits per heavy atom. The lowest BCUT2D eigenvalue weighted by Gasteiger charge is -2.11. The molecule has 0 atom stereocenters. The van der Waals surface area contributed by atoms with E-state index < -0.39 is 0 Å². The van der Waals surface area contributed by atoms with Gasteiger partial charge in [-0.2, -0.15) is 4.98 Å². The number of aromatic nitrogens is 2. The Morgan fingerprint density at radius 3 is 2.56 bits per heavy atom. The molecule has 0 saturated heterocycles. The van der Waals surface area contributed by atoms with Crippen molar-refractivity contribution in [2.45, 2.75) is 6.54 Å². The van der Waals surface area contributed by atoms with Gasteiger partial charge >= 0.3 is 0 Å². The lowest BCUT2D eigenvalue weighted by molar-refractivity contribution is 0.475. The Hall–Kier alpha value is -2.30. The average Bonchev–Trinajstić information content (AvgIpc) is 2.38. The first kappa shape index (κ1) is 12.2. The summed E-state index contributed by atoms with van der Waals surface area (Å²) in [7, 11) is 3.80. The lowest BCUT2D eigenvalue weighted by atomic mass is 10.2. The summed E-state index contributed by atoms with van der Waals surface area (Å²) in [6, 6.07) is 8.91. The van der Waals surface area contributed by atoms with Crippen LogP contribution in [-0.2, 0) is 6.54 Å². The summed E-state index contributed by atoms with van der Waals surface area (Å²) < 4.78 is 0. The van der Waals surface area contributed by atoms with Crippen molar-refractivity contribution in [1.29, 1.82) is 0 Å². The zero-order chi connectivity index (χ0) is 13.0. The minimum Gasteiger partial charge on any atom is -0.508 e. The van der Waals surface area contributed by atoms with Gasteiger partial charge in [0.25, 0.3) is 0 Å². The van der Waals surface area contributed by atoms with Crippen LogP contribution >= 0.6 is 0 Å². The second-order valence-electron chi connectivity index (χ2n) is 4.16. The minimum absolute atomic E-state index is 0.274. The van der Waals surface area contributed by atoms with Crippen LogP contribution in [0.25, 0.3) is 0 Å². The third-order valence-corrected chi connectivity index (χ3v) is 2.45. The summed E-state index contributed by atoms with van der Waals surface area (Å²) in [5.41, 5.74) is 1.08. The Kier molecular flexibility index (Phi) is 3.62. The van der Waals surface area contributed by atoms with Crippen LogP contribution in [0.1, 0.15) is 5.56 Å². The van der Waals surface area contributed by atoms with Crippen molar-refractivity contribution in [3.05, 3.63) is 42.1 Å². The first-order chi connectivity index (χ1) is 8.65. The molecule has 0 radical (unpaired) electrons. The molecule has 0 aliphatic heterocycles. The van der Waals surface area contributed by atoms with Crippen LogP contribution in [0.2, 0.25) is 0 Å². The third kappa shape index (κ3) is 3.10. The van der Waals surface area contributed by atoms with Crippen LogP contribution in [0.3, 0.4) is 0 Å². The number of rotatable bonds is 4. The quantitative estimate of drug-likeness (QED) is 0.859. The Labute approximate surface area is 106 Å². The fraction of sp³-hybridized carbons (Fsp3) is 0.231. The van der Waals surface area contributed by atoms with E-state index in [1.165, 1.54) is 0 Å². The van der Waals surface area contributed by atoms with Crippen molar-refractivity contribution >= 4 is 11.8 Å². The molecule has 2 aromatic rings. The summed E-state index contributed by atoms with van der Waals surface area (Å²) in [6.45, 7) is 0.657. The SMILES string of the molecule is CN(C)c1nccc(NCc2ccc(O)cc2)n1. The summed E-state index contributed by atoms with van der Waals surface area (Å²) in [6.07, 6.45) is 1.72. The molecule has 0 bridgehead atoms. The molecule has 0 spiro atoms. The minimum atomic E-state index is 0.274. The Bertz CT molecular complexity index is 511. The number of hydrogen-bond acceptors (Lipinski definition) is 5. The van der Waals surface area contributed by atoms with Gasteiger partial charge in [0.1, 0.15) is 11.6 Å². The highest BCUT2D eigenvalue weighted by Crippen LogP contribution is 2.12. The maximum absolute atomic E-state index is 9.19. The van der Waals surface area contributed by atoms with E-state index in [0.717, 1.165) is 11.4 Å². The molecule has 0 amide bonds. The monoisotopic (exact) mass is 244 g/mol. The van der Waals surface area contributed by atoms with Crippen molar-refractivity contribution in [3.63, 3.8) is 0 Å². The standard InChI is InChI=1S/C13H16N4O/c1-17(2)13-14-8-7-12(16-13)15-9-10-3-5-11(18)6-4-10/h3-8,18H,9H2,1-2H3,(H,14,15,16). The highest BCUT2D eigenvalue weighted by molar-refractivity contribution is 5.41. The third-order valence-electron chi connectivity index (χ3n) is 2.45. The normalized spacial score (nSPS) is 10.1. The molecule has 0 fully saturated rings. The molecule has 5 heteroatoms. The van der Waals surface area contributed by atoms with E-state index in [4.69, 9.17) is 0 Å². The highest BCUT2D eigenvalue weighted by Gasteiger charge is 2.00. The Balaban J connectivity index is 2.01. The molecular weight excluding hydrogens is 228 g/mol. The van der Waals surface area contributed by atoms with Gasteiger partial charge in [-0.05, 0) is 23.8 Å². The van der Waals surface area contributed by atoms with Crippen molar-refractivity contribution in [2.75, 3.05) is 24.3 Å². The van der Waals surface area contributed by atoms with Crippen LogP contribution in [0.15, 0.2) is 36.5 Å². The van der Waals surface area contributed by atoms with E-state index in [2.05, 4.69) is 15.3 Å². The number of hydrogen-bond donors (Lipinski definition) is 2. The molecule has 94 valence electrons. The molecule has 0 unspecified atom stereocenters. The van der Waals surface area contributed by atoms with Gasteiger partial charge in [-0.25, -0.2) is 4.98 Å². The summed E-state index contributed by atoms with van der Waals surface area (Å²) in [5.74, 6) is 1.73. The van der Waals surface area contributed by atoms with Crippen molar-refractivity contribution in [2.24, 2.45) is 0 Å². The molecule has 0 saturated carbocycles. The summed E-state index contributed by atoms with van der Waals surface area (Å²) >= 11 is 0. The second kappa shape index (κ2) is 5.35. The van der Waals surface area contributed by atoms with Crippen LogP contribution in [0, 0.1) is 0 Å². The molecule has 18 heavy (non-hydrogen) atoms. The largest absolute Gasteiger partial charge is 0.508 e. The smallest absolute Gasteiger partial charge is 0.226 e. The van der Waals surface area contributed by atoms with E-state index in [-0.39, 0.29) is 5.75 Å². The fourth-order valence-electron chi connectivity index (χ4n) is 1.47. The lowest BCUT2D eigenvalue weighted by Crippen LogP contribution is -2.13. The molecule has 0 aliphatic carbocycles. The van der Waals surface area contributed by atoms with E-state index >= 15 is 0 Å². The van der Waals surface area contributed by atoms with Crippen molar-refractivity contribution in [3.8, 4) is 5.75 Å². The van der Waals surface area contributed by atoms with Gasteiger partial charge in [0.2, 0.25) is 5.95 Å². The van der Waals surface area contributed by atoms with Crippen molar-refractivity contribution in [1.82, 2.24) is 9.97 Å². The number of phenols is 1. The second-order valence-corrected chi connectivity index (χ2v) is 4.16. The summed E-state index contributed by atoms with van der Waals surface area (Å²) in [4.78, 5) is 10.4. The van der Waals surface area contributed by atoms with E-state index in [1.807, 2.05) is 37.2 Å². The van der Waals surface area contributed by atoms with Crippen LogP contribution in [-0.4, -0.2) is 29.2 Å². The molecule has 0 aliphatic rings. The van der Waals surface area contributed by atoms with Gasteiger partial charge in [0.15, 0.2) is 0 Å². The van der Waals surface area contributed by atoms with E-state index in [9.17, 15) is 5.11 Å². The van der Waals surface area contributed by atoms with Gasteiger partial charge in [-0.3, -0.25) is 0 Å². The van der Waals surface area contributed by atoms with Gasteiger partial charge in [-0.1, -0.05) is 12.1 Å². The molecule has 5 nitrogen and oxygen atoms in total. The van der Waals surface area contributed by atoms with Crippen LogP contribution in [0.4, 0.5) is 11.8 Å². The predicted molar refractivity (Wildman–Crippen MR) is 71.8 cm³/mol. The van der Waals surface area contributed by atoms with Gasteiger partial charge in [0, 0.05) is 26.8 Å². The maximum Gasteiger partial charge on any atom is 0.226 e. The molecule has 1 heterocycles. The first-order valence-corrected chi connectivity index (χ1v) is 5.67. The number of aromatic hydroxyl groups is 1. The topological polar surface area (TPSA) is 61.3 Å². The first-order valence-electron chi connectivity index (χ1n) is 5.67. The fourth-order valence-corrected chi connectivity index (χ4v) is 1.47. The zero-order valence-corrected chi connectivity index (χ0v) is 10.5. The number of anilines is 2. The van der Waals surface area contributed by atoms with Gasteiger partial charge in [0.05, 0.1) is 0 Å². The predicted octanol–water partition coefficient (Wildman–Crippen LogP) is 1.86. The molecule has 1 aromatic carbocycles. The van der Waals surface area contributed by atoms with Crippen molar-refractivity contribution < 1.29 is 5.11 Å². The molecule has 2 rings (SSSR count). The van der Waals surface area contributed by atoms with Crippen LogP contribution < -0.4 is 10.2 Å². The van der Waals surface area contributed by atoms with E-state index in [0.29, 0.717) is 12.5 Å². The number of nitrogens with one attached hydrogen (secondary N) is 1. The van der Waals surface area contributed by atoms with Gasteiger partial charge < -0.3 is 15.3 Å². The zero-order valence-electron chi connectivity index (χ0n) is 10.5. The maximum atomic E-state index is 9.19. The van der Waals surface area contributed by atoms with E-state index in [1.54, 1.807) is 18.3 Å². The molecule has 2 N–H and O–H groups in total. The van der Waals surface area contributed by atoms with Gasteiger partial charge in [-0.15, -0.1) is 0 Å².